The first-order valence-corrected chi connectivity index (χ1v) is 7.27. The predicted molar refractivity (Wildman–Crippen MR) is 83.2 cm³/mol. The third-order valence-corrected chi connectivity index (χ3v) is 3.58. The van der Waals surface area contributed by atoms with Crippen LogP contribution in [0.15, 0.2) is 24.3 Å². The summed E-state index contributed by atoms with van der Waals surface area (Å²) in [6, 6.07) is 8.13. The van der Waals surface area contributed by atoms with Gasteiger partial charge in [0.05, 0.1) is 13.2 Å². The third-order valence-electron chi connectivity index (χ3n) is 3.58. The quantitative estimate of drug-likeness (QED) is 0.680. The van der Waals surface area contributed by atoms with Gasteiger partial charge in [-0.25, -0.2) is 0 Å². The first kappa shape index (κ1) is 17.0. The molecule has 0 aromatic heterocycles. The Morgan fingerprint density at radius 3 is 2.45 bits per heavy atom. The summed E-state index contributed by atoms with van der Waals surface area (Å²) in [5, 5.41) is 13.4. The van der Waals surface area contributed by atoms with Crippen molar-refractivity contribution in [3.63, 3.8) is 0 Å². The van der Waals surface area contributed by atoms with Gasteiger partial charge in [0.1, 0.15) is 5.75 Å². The van der Waals surface area contributed by atoms with Crippen LogP contribution in [0.3, 0.4) is 0 Å². The molecule has 1 aromatic carbocycles. The van der Waals surface area contributed by atoms with Crippen molar-refractivity contribution in [3.8, 4) is 5.75 Å². The van der Waals surface area contributed by atoms with Crippen LogP contribution >= 0.6 is 0 Å². The lowest BCUT2D eigenvalue weighted by Gasteiger charge is -2.21. The maximum absolute atomic E-state index is 10.1. The van der Waals surface area contributed by atoms with E-state index in [0.29, 0.717) is 12.6 Å². The van der Waals surface area contributed by atoms with E-state index in [4.69, 9.17) is 4.74 Å². The summed E-state index contributed by atoms with van der Waals surface area (Å²) in [6.07, 6.45) is 0.619. The Morgan fingerprint density at radius 2 is 1.90 bits per heavy atom. The molecule has 0 amide bonds. The topological polar surface area (TPSA) is 44.7 Å². The number of hydrogen-bond acceptors (Lipinski definition) is 4. The number of methoxy groups -OCH3 is 1. The van der Waals surface area contributed by atoms with E-state index in [1.807, 2.05) is 24.3 Å². The lowest BCUT2D eigenvalue weighted by Crippen LogP contribution is -2.30. The van der Waals surface area contributed by atoms with Gasteiger partial charge in [0.25, 0.3) is 0 Å². The van der Waals surface area contributed by atoms with Crippen molar-refractivity contribution >= 4 is 0 Å². The van der Waals surface area contributed by atoms with Crippen molar-refractivity contribution in [2.45, 2.75) is 32.4 Å². The molecule has 1 unspecified atom stereocenters. The second-order valence-corrected chi connectivity index (χ2v) is 5.42. The van der Waals surface area contributed by atoms with Gasteiger partial charge in [0.15, 0.2) is 0 Å². The Kier molecular flexibility index (Phi) is 7.59. The van der Waals surface area contributed by atoms with E-state index >= 15 is 0 Å². The summed E-state index contributed by atoms with van der Waals surface area (Å²) in [5.41, 5.74) is 0.914. The van der Waals surface area contributed by atoms with Gasteiger partial charge in [-0.2, -0.15) is 0 Å². The van der Waals surface area contributed by atoms with Crippen molar-refractivity contribution < 1.29 is 9.84 Å². The average molecular weight is 280 g/mol. The summed E-state index contributed by atoms with van der Waals surface area (Å²) >= 11 is 0. The van der Waals surface area contributed by atoms with Crippen LogP contribution in [0.2, 0.25) is 0 Å². The molecule has 20 heavy (non-hydrogen) atoms. The normalized spacial score (nSPS) is 12.9. The van der Waals surface area contributed by atoms with Crippen LogP contribution in [-0.2, 0) is 0 Å². The molecule has 0 heterocycles. The molecule has 4 heteroatoms. The molecule has 0 aliphatic carbocycles. The maximum Gasteiger partial charge on any atom is 0.118 e. The Morgan fingerprint density at radius 1 is 1.25 bits per heavy atom. The number of rotatable bonds is 9. The second-order valence-electron chi connectivity index (χ2n) is 5.42. The Bertz CT molecular complexity index is 365. The van der Waals surface area contributed by atoms with Gasteiger partial charge in [0, 0.05) is 12.6 Å². The highest BCUT2D eigenvalue weighted by atomic mass is 16.5. The number of nitrogens with zero attached hydrogens (tertiary/aromatic N) is 1. The van der Waals surface area contributed by atoms with E-state index < -0.39 is 6.10 Å². The molecule has 0 spiro atoms. The average Bonchev–Trinajstić information content (AvgIpc) is 2.46. The minimum atomic E-state index is -0.469. The molecule has 1 rings (SSSR count). The van der Waals surface area contributed by atoms with Crippen LogP contribution in [0.25, 0.3) is 0 Å². The maximum atomic E-state index is 10.1. The van der Waals surface area contributed by atoms with Gasteiger partial charge >= 0.3 is 0 Å². The predicted octanol–water partition coefficient (Wildman–Crippen LogP) is 2.05. The van der Waals surface area contributed by atoms with Crippen LogP contribution in [0, 0.1) is 0 Å². The molecule has 1 atom stereocenters. The monoisotopic (exact) mass is 280 g/mol. The number of benzene rings is 1. The molecule has 0 fully saturated rings. The molecule has 4 nitrogen and oxygen atoms in total. The van der Waals surface area contributed by atoms with Gasteiger partial charge in [-0.15, -0.1) is 0 Å². The van der Waals surface area contributed by atoms with E-state index in [1.165, 1.54) is 0 Å². The molecular formula is C16H28N2O2. The largest absolute Gasteiger partial charge is 0.497 e. The summed E-state index contributed by atoms with van der Waals surface area (Å²) in [4.78, 5) is 2.32. The van der Waals surface area contributed by atoms with Gasteiger partial charge in [0.2, 0.25) is 0 Å². The van der Waals surface area contributed by atoms with Crippen molar-refractivity contribution in [1.82, 2.24) is 10.2 Å². The van der Waals surface area contributed by atoms with Gasteiger partial charge in [-0.05, 0) is 58.1 Å². The molecule has 0 saturated heterocycles. The van der Waals surface area contributed by atoms with Gasteiger partial charge in [-0.1, -0.05) is 12.1 Å². The van der Waals surface area contributed by atoms with Crippen molar-refractivity contribution in [1.29, 1.82) is 0 Å². The summed E-state index contributed by atoms with van der Waals surface area (Å²) < 4.78 is 5.10. The molecule has 0 radical (unpaired) electrons. The highest BCUT2D eigenvalue weighted by molar-refractivity contribution is 5.28. The third kappa shape index (κ3) is 5.90. The zero-order valence-corrected chi connectivity index (χ0v) is 13.1. The number of ether oxygens (including phenoxy) is 1. The zero-order valence-electron chi connectivity index (χ0n) is 13.1. The van der Waals surface area contributed by atoms with Crippen molar-refractivity contribution in [2.75, 3.05) is 33.8 Å². The van der Waals surface area contributed by atoms with Crippen molar-refractivity contribution in [2.24, 2.45) is 0 Å². The lowest BCUT2D eigenvalue weighted by molar-refractivity contribution is 0.173. The van der Waals surface area contributed by atoms with Crippen LogP contribution < -0.4 is 10.1 Å². The molecular weight excluding hydrogens is 252 g/mol. The molecule has 0 saturated carbocycles. The van der Waals surface area contributed by atoms with E-state index in [0.717, 1.165) is 30.8 Å². The fourth-order valence-corrected chi connectivity index (χ4v) is 1.89. The van der Waals surface area contributed by atoms with Crippen LogP contribution in [0.5, 0.6) is 5.75 Å². The zero-order chi connectivity index (χ0) is 15.0. The standard InChI is InChI=1S/C16H28N2O2/c1-13(2)18(3)11-5-10-17-12-16(19)14-6-8-15(20-4)9-7-14/h6-9,13,16-17,19H,5,10-12H2,1-4H3. The minimum Gasteiger partial charge on any atom is -0.497 e. The number of hydrogen-bond donors (Lipinski definition) is 2. The van der Waals surface area contributed by atoms with Gasteiger partial charge in [-0.3, -0.25) is 0 Å². The summed E-state index contributed by atoms with van der Waals surface area (Å²) in [7, 11) is 3.78. The van der Waals surface area contributed by atoms with Gasteiger partial charge < -0.3 is 20.1 Å². The second kappa shape index (κ2) is 8.95. The molecule has 1 aromatic rings. The number of nitrogens with one attached hydrogen (secondary N) is 1. The summed E-state index contributed by atoms with van der Waals surface area (Å²) in [6.45, 7) is 6.97. The van der Waals surface area contributed by atoms with Crippen LogP contribution in [0.1, 0.15) is 31.9 Å². The SMILES string of the molecule is COc1ccc(C(O)CNCCCN(C)C(C)C)cc1. The van der Waals surface area contributed by atoms with Crippen molar-refractivity contribution in [3.05, 3.63) is 29.8 Å². The first-order chi connectivity index (χ1) is 9.54. The molecule has 0 aliphatic heterocycles. The first-order valence-electron chi connectivity index (χ1n) is 7.27. The number of aliphatic hydroxyl groups excluding tert-OH is 1. The molecule has 2 N–H and O–H groups in total. The molecule has 0 aliphatic rings. The Labute approximate surface area is 122 Å². The molecule has 0 bridgehead atoms. The summed E-state index contributed by atoms with van der Waals surface area (Å²) in [5.74, 6) is 0.811. The van der Waals surface area contributed by atoms with E-state index in [2.05, 4.69) is 31.1 Å². The van der Waals surface area contributed by atoms with Crippen LogP contribution in [0.4, 0.5) is 0 Å². The van der Waals surface area contributed by atoms with E-state index in [1.54, 1.807) is 7.11 Å². The Hall–Kier alpha value is -1.10. The highest BCUT2D eigenvalue weighted by Crippen LogP contribution is 2.16. The van der Waals surface area contributed by atoms with Crippen LogP contribution in [-0.4, -0.2) is 49.8 Å². The Balaban J connectivity index is 2.21. The van der Waals surface area contributed by atoms with E-state index in [-0.39, 0.29) is 0 Å². The molecule has 114 valence electrons. The minimum absolute atomic E-state index is 0.469. The smallest absolute Gasteiger partial charge is 0.118 e. The fraction of sp³-hybridized carbons (Fsp3) is 0.625. The fourth-order valence-electron chi connectivity index (χ4n) is 1.89. The lowest BCUT2D eigenvalue weighted by atomic mass is 10.1. The highest BCUT2D eigenvalue weighted by Gasteiger charge is 2.07. The van der Waals surface area contributed by atoms with E-state index in [9.17, 15) is 5.11 Å². The number of aliphatic hydroxyl groups is 1.